The molecule has 3 aromatic rings. The Morgan fingerprint density at radius 1 is 0.882 bits per heavy atom. The van der Waals surface area contributed by atoms with E-state index in [1.165, 1.54) is 16.4 Å². The van der Waals surface area contributed by atoms with Gasteiger partial charge in [-0.15, -0.1) is 0 Å². The van der Waals surface area contributed by atoms with Gasteiger partial charge in [-0.3, -0.25) is 9.69 Å². The number of halogens is 1. The van der Waals surface area contributed by atoms with Crippen LogP contribution in [0.25, 0.3) is 0 Å². The lowest BCUT2D eigenvalue weighted by Crippen LogP contribution is -2.50. The van der Waals surface area contributed by atoms with Gasteiger partial charge >= 0.3 is 0 Å². The first-order valence-corrected chi connectivity index (χ1v) is 12.4. The predicted molar refractivity (Wildman–Crippen MR) is 127 cm³/mol. The van der Waals surface area contributed by atoms with Crippen molar-refractivity contribution < 1.29 is 22.3 Å². The molecule has 34 heavy (non-hydrogen) atoms. The maximum Gasteiger partial charge on any atom is 0.243 e. The van der Waals surface area contributed by atoms with E-state index in [0.29, 0.717) is 31.1 Å². The summed E-state index contributed by atoms with van der Waals surface area (Å²) in [6.07, 6.45) is 0. The minimum Gasteiger partial charge on any atom is -0.489 e. The molecule has 1 heterocycles. The van der Waals surface area contributed by atoms with Crippen molar-refractivity contribution >= 4 is 21.6 Å². The van der Waals surface area contributed by atoms with E-state index in [2.05, 4.69) is 5.32 Å². The molecule has 0 bridgehead atoms. The second-order valence-corrected chi connectivity index (χ2v) is 9.92. The zero-order valence-electron chi connectivity index (χ0n) is 18.6. The number of rotatable bonds is 8. The summed E-state index contributed by atoms with van der Waals surface area (Å²) in [5.74, 6) is 0.0530. The SMILES string of the molecule is O=C(CN1CCN(S(=O)(=O)c2ccc(F)cc2)CC1)Nc1ccc(OCc2ccccc2)cc1. The fraction of sp³-hybridized carbons (Fsp3) is 0.240. The molecule has 0 saturated carbocycles. The Bertz CT molecular complexity index is 1200. The molecule has 1 amide bonds. The molecule has 1 aliphatic rings. The molecule has 7 nitrogen and oxygen atoms in total. The molecule has 0 atom stereocenters. The highest BCUT2D eigenvalue weighted by Crippen LogP contribution is 2.19. The molecule has 0 radical (unpaired) electrons. The second kappa shape index (κ2) is 10.8. The number of sulfonamides is 1. The van der Waals surface area contributed by atoms with Gasteiger partial charge in [0.25, 0.3) is 0 Å². The quantitative estimate of drug-likeness (QED) is 0.532. The van der Waals surface area contributed by atoms with Crippen molar-refractivity contribution in [1.82, 2.24) is 9.21 Å². The van der Waals surface area contributed by atoms with E-state index < -0.39 is 15.8 Å². The maximum absolute atomic E-state index is 13.1. The van der Waals surface area contributed by atoms with E-state index in [1.807, 2.05) is 35.2 Å². The third-order valence-corrected chi connectivity index (χ3v) is 7.45. The van der Waals surface area contributed by atoms with Crippen LogP contribution in [-0.2, 0) is 21.4 Å². The minimum atomic E-state index is -3.68. The normalized spacial score (nSPS) is 15.1. The van der Waals surface area contributed by atoms with Crippen LogP contribution < -0.4 is 10.1 Å². The van der Waals surface area contributed by atoms with E-state index in [-0.39, 0.29) is 30.4 Å². The van der Waals surface area contributed by atoms with E-state index >= 15 is 0 Å². The van der Waals surface area contributed by atoms with Crippen LogP contribution in [0.4, 0.5) is 10.1 Å². The van der Waals surface area contributed by atoms with Gasteiger partial charge < -0.3 is 10.1 Å². The number of amides is 1. The van der Waals surface area contributed by atoms with Gasteiger partial charge in [-0.1, -0.05) is 30.3 Å². The summed E-state index contributed by atoms with van der Waals surface area (Å²) in [6, 6.07) is 21.8. The van der Waals surface area contributed by atoms with Crippen LogP contribution in [0, 0.1) is 5.82 Å². The molecule has 0 unspecified atom stereocenters. The van der Waals surface area contributed by atoms with E-state index in [0.717, 1.165) is 17.7 Å². The summed E-state index contributed by atoms with van der Waals surface area (Å²) in [6.45, 7) is 2.02. The smallest absolute Gasteiger partial charge is 0.243 e. The number of nitrogens with one attached hydrogen (secondary N) is 1. The van der Waals surface area contributed by atoms with E-state index in [4.69, 9.17) is 4.74 Å². The number of anilines is 1. The maximum atomic E-state index is 13.1. The number of carbonyl (C=O) groups excluding carboxylic acids is 1. The molecule has 178 valence electrons. The summed E-state index contributed by atoms with van der Waals surface area (Å²) in [5.41, 5.74) is 1.74. The van der Waals surface area contributed by atoms with Gasteiger partial charge in [0.15, 0.2) is 0 Å². The standard InChI is InChI=1S/C25H26FN3O4S/c26-21-6-12-24(13-7-21)34(31,32)29-16-14-28(15-17-29)18-25(30)27-22-8-10-23(11-9-22)33-19-20-4-2-1-3-5-20/h1-13H,14-19H2,(H,27,30). The molecule has 1 N–H and O–H groups in total. The Balaban J connectivity index is 1.23. The third kappa shape index (κ3) is 6.19. The van der Waals surface area contributed by atoms with Crippen LogP contribution in [0.1, 0.15) is 5.56 Å². The summed E-state index contributed by atoms with van der Waals surface area (Å²) in [5, 5.41) is 2.86. The van der Waals surface area contributed by atoms with Crippen molar-refractivity contribution in [3.8, 4) is 5.75 Å². The summed E-state index contributed by atoms with van der Waals surface area (Å²) < 4.78 is 45.7. The van der Waals surface area contributed by atoms with Gasteiger partial charge in [0.1, 0.15) is 18.2 Å². The van der Waals surface area contributed by atoms with Gasteiger partial charge in [0.2, 0.25) is 15.9 Å². The molecule has 9 heteroatoms. The Morgan fingerprint density at radius 3 is 2.18 bits per heavy atom. The van der Waals surface area contributed by atoms with Crippen molar-refractivity contribution in [1.29, 1.82) is 0 Å². The molecular weight excluding hydrogens is 457 g/mol. The van der Waals surface area contributed by atoms with Crippen molar-refractivity contribution in [2.75, 3.05) is 38.0 Å². The highest BCUT2D eigenvalue weighted by Gasteiger charge is 2.29. The van der Waals surface area contributed by atoms with Crippen molar-refractivity contribution in [2.45, 2.75) is 11.5 Å². The largest absolute Gasteiger partial charge is 0.489 e. The zero-order valence-corrected chi connectivity index (χ0v) is 19.4. The van der Waals surface area contributed by atoms with E-state index in [9.17, 15) is 17.6 Å². The molecular formula is C25H26FN3O4S. The fourth-order valence-electron chi connectivity index (χ4n) is 3.66. The Kier molecular flexibility index (Phi) is 7.56. The molecule has 4 rings (SSSR count). The van der Waals surface area contributed by atoms with Crippen molar-refractivity contribution in [2.24, 2.45) is 0 Å². The van der Waals surface area contributed by atoms with Crippen LogP contribution in [0.3, 0.4) is 0 Å². The lowest BCUT2D eigenvalue weighted by molar-refractivity contribution is -0.117. The molecule has 3 aromatic carbocycles. The molecule has 0 spiro atoms. The number of nitrogens with zero attached hydrogens (tertiary/aromatic N) is 2. The number of ether oxygens (including phenoxy) is 1. The fourth-order valence-corrected chi connectivity index (χ4v) is 5.08. The number of piperazine rings is 1. The highest BCUT2D eigenvalue weighted by atomic mass is 32.2. The van der Waals surface area contributed by atoms with Crippen LogP contribution >= 0.6 is 0 Å². The third-order valence-electron chi connectivity index (χ3n) is 5.54. The lowest BCUT2D eigenvalue weighted by Gasteiger charge is -2.33. The lowest BCUT2D eigenvalue weighted by atomic mass is 10.2. The van der Waals surface area contributed by atoms with Gasteiger partial charge in [-0.2, -0.15) is 4.31 Å². The number of benzene rings is 3. The molecule has 0 aliphatic carbocycles. The number of hydrogen-bond donors (Lipinski definition) is 1. The van der Waals surface area contributed by atoms with Crippen LogP contribution in [0.15, 0.2) is 83.8 Å². The summed E-state index contributed by atoms with van der Waals surface area (Å²) in [4.78, 5) is 14.4. The number of hydrogen-bond acceptors (Lipinski definition) is 5. The zero-order chi connectivity index (χ0) is 24.0. The van der Waals surface area contributed by atoms with Gasteiger partial charge in [-0.05, 0) is 54.1 Å². The minimum absolute atomic E-state index is 0.0660. The van der Waals surface area contributed by atoms with Crippen molar-refractivity contribution in [3.63, 3.8) is 0 Å². The van der Waals surface area contributed by atoms with Gasteiger partial charge in [0.05, 0.1) is 11.4 Å². The Hall–Kier alpha value is -3.27. The van der Waals surface area contributed by atoms with Crippen LogP contribution in [0.5, 0.6) is 5.75 Å². The first kappa shape index (κ1) is 23.9. The molecule has 1 aliphatic heterocycles. The van der Waals surface area contributed by atoms with Crippen LogP contribution in [0.2, 0.25) is 0 Å². The molecule has 1 fully saturated rings. The second-order valence-electron chi connectivity index (χ2n) is 7.98. The average Bonchev–Trinajstić information content (AvgIpc) is 2.85. The van der Waals surface area contributed by atoms with Gasteiger partial charge in [0, 0.05) is 31.9 Å². The molecule has 0 aromatic heterocycles. The van der Waals surface area contributed by atoms with E-state index in [1.54, 1.807) is 24.3 Å². The first-order chi connectivity index (χ1) is 16.4. The monoisotopic (exact) mass is 483 g/mol. The Labute approximate surface area is 198 Å². The predicted octanol–water partition coefficient (Wildman–Crippen LogP) is 3.35. The summed E-state index contributed by atoms with van der Waals surface area (Å²) in [7, 11) is -3.68. The topological polar surface area (TPSA) is 79.0 Å². The highest BCUT2D eigenvalue weighted by molar-refractivity contribution is 7.89. The summed E-state index contributed by atoms with van der Waals surface area (Å²) >= 11 is 0. The first-order valence-electron chi connectivity index (χ1n) is 10.9. The van der Waals surface area contributed by atoms with Gasteiger partial charge in [-0.25, -0.2) is 12.8 Å². The molecule has 1 saturated heterocycles. The van der Waals surface area contributed by atoms with Crippen LogP contribution in [-0.4, -0.2) is 56.3 Å². The average molecular weight is 484 g/mol. The number of carbonyl (C=O) groups is 1. The Morgan fingerprint density at radius 2 is 1.53 bits per heavy atom. The van der Waals surface area contributed by atoms with Crippen molar-refractivity contribution in [3.05, 3.63) is 90.2 Å².